The van der Waals surface area contributed by atoms with Crippen molar-refractivity contribution in [1.82, 2.24) is 10.2 Å². The Labute approximate surface area is 127 Å². The first-order valence-electron chi connectivity index (χ1n) is 8.45. The van der Waals surface area contributed by atoms with Crippen LogP contribution >= 0.6 is 0 Å². The second-order valence-electron chi connectivity index (χ2n) is 6.60. The van der Waals surface area contributed by atoms with Gasteiger partial charge in [0.15, 0.2) is 0 Å². The summed E-state index contributed by atoms with van der Waals surface area (Å²) < 4.78 is 14.4. The molecule has 0 aromatic heterocycles. The summed E-state index contributed by atoms with van der Waals surface area (Å²) in [5.41, 5.74) is 0.949. The molecular weight excluding hydrogens is 263 g/mol. The molecule has 1 aliphatic carbocycles. The van der Waals surface area contributed by atoms with Gasteiger partial charge in [-0.1, -0.05) is 37.5 Å². The largest absolute Gasteiger partial charge is 0.311 e. The summed E-state index contributed by atoms with van der Waals surface area (Å²) in [6, 6.07) is 7.40. The van der Waals surface area contributed by atoms with E-state index >= 15 is 0 Å². The van der Waals surface area contributed by atoms with Gasteiger partial charge >= 0.3 is 0 Å². The highest BCUT2D eigenvalue weighted by Crippen LogP contribution is 2.45. The van der Waals surface area contributed by atoms with E-state index in [9.17, 15) is 4.39 Å². The Balaban J connectivity index is 1.96. The molecule has 1 atom stereocenters. The Morgan fingerprint density at radius 3 is 2.33 bits per heavy atom. The molecule has 1 aliphatic heterocycles. The molecule has 1 saturated carbocycles. The molecule has 1 heterocycles. The minimum absolute atomic E-state index is 0.0693. The van der Waals surface area contributed by atoms with Crippen LogP contribution in [0.3, 0.4) is 0 Å². The highest BCUT2D eigenvalue weighted by atomic mass is 19.1. The summed E-state index contributed by atoms with van der Waals surface area (Å²) in [4.78, 5) is 2.66. The summed E-state index contributed by atoms with van der Waals surface area (Å²) >= 11 is 0. The first-order chi connectivity index (χ1) is 10.3. The van der Waals surface area contributed by atoms with Crippen LogP contribution in [0.25, 0.3) is 0 Å². The fourth-order valence-corrected chi connectivity index (χ4v) is 4.54. The summed E-state index contributed by atoms with van der Waals surface area (Å²) in [5.74, 6) is -0.0693. The molecule has 0 radical (unpaired) electrons. The molecule has 1 aromatic carbocycles. The van der Waals surface area contributed by atoms with Crippen LogP contribution in [-0.2, 0) is 0 Å². The molecule has 1 unspecified atom stereocenters. The number of hydrogen-bond acceptors (Lipinski definition) is 2. The quantitative estimate of drug-likeness (QED) is 0.905. The lowest BCUT2D eigenvalue weighted by molar-refractivity contribution is 0.0373. The molecule has 1 N–H and O–H groups in total. The van der Waals surface area contributed by atoms with E-state index in [0.717, 1.165) is 5.56 Å². The van der Waals surface area contributed by atoms with Crippen LogP contribution in [-0.4, -0.2) is 30.6 Å². The van der Waals surface area contributed by atoms with Crippen LogP contribution in [0.4, 0.5) is 4.39 Å². The van der Waals surface area contributed by atoms with Gasteiger partial charge in [0.25, 0.3) is 0 Å². The molecule has 3 heteroatoms. The van der Waals surface area contributed by atoms with Crippen LogP contribution in [0, 0.1) is 5.82 Å². The van der Waals surface area contributed by atoms with E-state index in [1.165, 1.54) is 58.0 Å². The summed E-state index contributed by atoms with van der Waals surface area (Å²) in [6.07, 6.45) is 8.83. The molecule has 2 fully saturated rings. The Bertz CT molecular complexity index is 462. The minimum atomic E-state index is -0.0693. The lowest BCUT2D eigenvalue weighted by atomic mass is 9.80. The van der Waals surface area contributed by atoms with Crippen LogP contribution in [0.1, 0.15) is 56.6 Å². The van der Waals surface area contributed by atoms with Crippen molar-refractivity contribution in [2.24, 2.45) is 0 Å². The van der Waals surface area contributed by atoms with Crippen molar-refractivity contribution in [2.75, 3.05) is 20.1 Å². The highest BCUT2D eigenvalue weighted by molar-refractivity contribution is 5.26. The smallest absolute Gasteiger partial charge is 0.128 e. The predicted octanol–water partition coefficient (Wildman–Crippen LogP) is 3.88. The monoisotopic (exact) mass is 290 g/mol. The molecule has 1 saturated heterocycles. The molecule has 0 spiro atoms. The van der Waals surface area contributed by atoms with Gasteiger partial charge in [-0.15, -0.1) is 0 Å². The first-order valence-corrected chi connectivity index (χ1v) is 8.45. The molecular formula is C18H27FN2. The molecule has 21 heavy (non-hydrogen) atoms. The van der Waals surface area contributed by atoms with E-state index < -0.39 is 0 Å². The number of rotatable bonds is 4. The molecule has 1 aromatic rings. The van der Waals surface area contributed by atoms with Crippen LogP contribution in [0.5, 0.6) is 0 Å². The Kier molecular flexibility index (Phi) is 4.60. The second-order valence-corrected chi connectivity index (χ2v) is 6.60. The van der Waals surface area contributed by atoms with E-state index in [0.29, 0.717) is 0 Å². The van der Waals surface area contributed by atoms with Crippen LogP contribution in [0.2, 0.25) is 0 Å². The van der Waals surface area contributed by atoms with Gasteiger partial charge in [0.1, 0.15) is 5.82 Å². The zero-order valence-corrected chi connectivity index (χ0v) is 13.1. The average molecular weight is 290 g/mol. The SMILES string of the molecule is CNC(c1ccccc1F)C1(N2CCCCC2)CCCC1. The average Bonchev–Trinajstić information content (AvgIpc) is 3.01. The van der Waals surface area contributed by atoms with E-state index in [1.807, 2.05) is 19.2 Å². The van der Waals surface area contributed by atoms with Crippen molar-refractivity contribution in [1.29, 1.82) is 0 Å². The van der Waals surface area contributed by atoms with Gasteiger partial charge in [-0.2, -0.15) is 0 Å². The standard InChI is InChI=1S/C18H27FN2/c1-20-17(15-9-3-4-10-16(15)19)18(11-5-6-12-18)21-13-7-2-8-14-21/h3-4,9-10,17,20H,2,5-8,11-14H2,1H3. The maximum atomic E-state index is 14.4. The van der Waals surface area contributed by atoms with Gasteiger partial charge in [-0.05, 0) is 51.9 Å². The Hall–Kier alpha value is -0.930. The number of hydrogen-bond donors (Lipinski definition) is 1. The number of likely N-dealkylation sites (N-methyl/N-ethyl adjacent to an activating group) is 1. The Morgan fingerprint density at radius 2 is 1.71 bits per heavy atom. The molecule has 3 rings (SSSR count). The van der Waals surface area contributed by atoms with E-state index in [-0.39, 0.29) is 17.4 Å². The van der Waals surface area contributed by atoms with Gasteiger partial charge in [0.05, 0.1) is 6.04 Å². The normalized spacial score (nSPS) is 24.1. The number of nitrogens with zero attached hydrogens (tertiary/aromatic N) is 1. The number of piperidine rings is 1. The van der Waals surface area contributed by atoms with Gasteiger partial charge < -0.3 is 5.32 Å². The fourth-order valence-electron chi connectivity index (χ4n) is 4.54. The molecule has 2 nitrogen and oxygen atoms in total. The zero-order chi connectivity index (χ0) is 14.7. The lowest BCUT2D eigenvalue weighted by Gasteiger charge is -2.48. The van der Waals surface area contributed by atoms with Crippen molar-refractivity contribution >= 4 is 0 Å². The third-order valence-electron chi connectivity index (χ3n) is 5.50. The van der Waals surface area contributed by atoms with Crippen molar-refractivity contribution in [2.45, 2.75) is 56.5 Å². The van der Waals surface area contributed by atoms with Crippen molar-refractivity contribution in [3.05, 3.63) is 35.6 Å². The number of likely N-dealkylation sites (tertiary alicyclic amines) is 1. The molecule has 0 bridgehead atoms. The predicted molar refractivity (Wildman–Crippen MR) is 84.8 cm³/mol. The summed E-state index contributed by atoms with van der Waals surface area (Å²) in [6.45, 7) is 2.35. The van der Waals surface area contributed by atoms with Crippen LogP contribution in [0.15, 0.2) is 24.3 Å². The number of nitrogens with one attached hydrogen (secondary N) is 1. The lowest BCUT2D eigenvalue weighted by Crippen LogP contribution is -2.56. The van der Waals surface area contributed by atoms with Gasteiger partial charge in [-0.25, -0.2) is 4.39 Å². The summed E-state index contributed by atoms with van der Waals surface area (Å²) in [5, 5.41) is 3.46. The van der Waals surface area contributed by atoms with Crippen molar-refractivity contribution in [3.8, 4) is 0 Å². The number of benzene rings is 1. The maximum absolute atomic E-state index is 14.4. The zero-order valence-electron chi connectivity index (χ0n) is 13.1. The van der Waals surface area contributed by atoms with E-state index in [1.54, 1.807) is 12.1 Å². The molecule has 2 aliphatic rings. The van der Waals surface area contributed by atoms with Crippen molar-refractivity contribution in [3.63, 3.8) is 0 Å². The van der Waals surface area contributed by atoms with E-state index in [2.05, 4.69) is 10.2 Å². The summed E-state index contributed by atoms with van der Waals surface area (Å²) in [7, 11) is 1.99. The third kappa shape index (κ3) is 2.74. The molecule has 116 valence electrons. The van der Waals surface area contributed by atoms with Gasteiger partial charge in [-0.3, -0.25) is 4.90 Å². The van der Waals surface area contributed by atoms with Crippen molar-refractivity contribution < 1.29 is 4.39 Å². The van der Waals surface area contributed by atoms with Gasteiger partial charge in [0.2, 0.25) is 0 Å². The Morgan fingerprint density at radius 1 is 1.05 bits per heavy atom. The first kappa shape index (κ1) is 15.0. The fraction of sp³-hybridized carbons (Fsp3) is 0.667. The van der Waals surface area contributed by atoms with Crippen LogP contribution < -0.4 is 5.32 Å². The molecule has 0 amide bonds. The second kappa shape index (κ2) is 6.45. The van der Waals surface area contributed by atoms with E-state index in [4.69, 9.17) is 0 Å². The van der Waals surface area contributed by atoms with Gasteiger partial charge in [0, 0.05) is 11.1 Å². The topological polar surface area (TPSA) is 15.3 Å². The third-order valence-corrected chi connectivity index (χ3v) is 5.50. The highest BCUT2D eigenvalue weighted by Gasteiger charge is 2.46. The number of halogens is 1. The minimum Gasteiger partial charge on any atom is -0.311 e. The maximum Gasteiger partial charge on any atom is 0.128 e.